The number of benzene rings is 2. The third-order valence-corrected chi connectivity index (χ3v) is 10.6. The molecular formula is C29H27FN4O4S2. The molecule has 0 atom stereocenters. The molecule has 2 aromatic carbocycles. The molecule has 0 amide bonds. The van der Waals surface area contributed by atoms with E-state index in [0.29, 0.717) is 70.4 Å². The molecule has 0 radical (unpaired) electrons. The zero-order valence-corrected chi connectivity index (χ0v) is 23.4. The number of nitrogens with zero attached hydrogens (tertiary/aromatic N) is 4. The van der Waals surface area contributed by atoms with E-state index in [0.717, 1.165) is 18.5 Å². The lowest BCUT2D eigenvalue weighted by atomic mass is 9.97. The molecule has 4 aromatic rings. The zero-order valence-electron chi connectivity index (χ0n) is 21.7. The molecule has 6 rings (SSSR count). The Kier molecular flexibility index (Phi) is 6.65. The van der Waals surface area contributed by atoms with Crippen LogP contribution < -0.4 is 4.90 Å². The summed E-state index contributed by atoms with van der Waals surface area (Å²) in [6, 6.07) is 13.2. The lowest BCUT2D eigenvalue weighted by Crippen LogP contribution is -2.50. The van der Waals surface area contributed by atoms with Crippen LogP contribution in [0.15, 0.2) is 53.9 Å². The van der Waals surface area contributed by atoms with Gasteiger partial charge < -0.3 is 10.0 Å². The Labute approximate surface area is 235 Å². The first-order valence-electron chi connectivity index (χ1n) is 13.1. The van der Waals surface area contributed by atoms with Gasteiger partial charge in [-0.1, -0.05) is 25.1 Å². The molecule has 2 fully saturated rings. The first-order valence-corrected chi connectivity index (χ1v) is 15.3. The van der Waals surface area contributed by atoms with Gasteiger partial charge in [-0.25, -0.2) is 13.2 Å². The average Bonchev–Trinajstić information content (AvgIpc) is 3.50. The Hall–Kier alpha value is -3.72. The predicted molar refractivity (Wildman–Crippen MR) is 155 cm³/mol. The van der Waals surface area contributed by atoms with Crippen LogP contribution in [0.5, 0.6) is 0 Å². The maximum absolute atomic E-state index is 14.7. The monoisotopic (exact) mass is 578 g/mol. The average molecular weight is 579 g/mol. The van der Waals surface area contributed by atoms with Crippen molar-refractivity contribution in [3.63, 3.8) is 0 Å². The second-order valence-corrected chi connectivity index (χ2v) is 13.2. The smallest absolute Gasteiger partial charge is 0.310 e. The Morgan fingerprint density at radius 2 is 1.88 bits per heavy atom. The Morgan fingerprint density at radius 1 is 1.12 bits per heavy atom. The van der Waals surface area contributed by atoms with Crippen LogP contribution in [0, 0.1) is 24.2 Å². The molecule has 11 heteroatoms. The summed E-state index contributed by atoms with van der Waals surface area (Å²) in [6.07, 6.45) is 1.49. The Bertz CT molecular complexity index is 1780. The number of hydrogen-bond donors (Lipinski definition) is 1. The zero-order chi connectivity index (χ0) is 28.2. The van der Waals surface area contributed by atoms with Crippen LogP contribution in [0.1, 0.15) is 19.8 Å². The third kappa shape index (κ3) is 4.36. The molecule has 2 aromatic heterocycles. The molecule has 0 saturated carbocycles. The highest BCUT2D eigenvalue weighted by molar-refractivity contribution is 7.87. The van der Waals surface area contributed by atoms with Crippen molar-refractivity contribution in [2.45, 2.75) is 19.8 Å². The molecule has 1 N–H and O–H groups in total. The largest absolute Gasteiger partial charge is 0.481 e. The number of fused-ring (bicyclic) bond motifs is 1. The fourth-order valence-corrected chi connectivity index (χ4v) is 8.03. The van der Waals surface area contributed by atoms with E-state index in [-0.39, 0.29) is 0 Å². The number of hydrogen-bond acceptors (Lipinski definition) is 5. The van der Waals surface area contributed by atoms with Gasteiger partial charge in [0.2, 0.25) is 5.00 Å². The molecule has 8 nitrogen and oxygen atoms in total. The summed E-state index contributed by atoms with van der Waals surface area (Å²) in [6.45, 7) is 11.3. The number of piperidine rings is 1. The van der Waals surface area contributed by atoms with Crippen LogP contribution in [-0.4, -0.2) is 54.0 Å². The molecule has 0 unspecified atom stereocenters. The van der Waals surface area contributed by atoms with E-state index in [2.05, 4.69) is 11.8 Å². The highest BCUT2D eigenvalue weighted by Crippen LogP contribution is 2.48. The predicted octanol–water partition coefficient (Wildman–Crippen LogP) is 6.07. The summed E-state index contributed by atoms with van der Waals surface area (Å²) in [4.78, 5) is 17.0. The van der Waals surface area contributed by atoms with Crippen molar-refractivity contribution in [1.82, 2.24) is 8.28 Å². The third-order valence-electron chi connectivity index (χ3n) is 7.92. The minimum atomic E-state index is -4.08. The number of carboxylic acids is 1. The first-order chi connectivity index (χ1) is 19.2. The van der Waals surface area contributed by atoms with Crippen molar-refractivity contribution in [1.29, 1.82) is 0 Å². The fraction of sp³-hybridized carbons (Fsp3) is 0.310. The summed E-state index contributed by atoms with van der Waals surface area (Å²) in [7, 11) is -4.08. The molecule has 4 heterocycles. The van der Waals surface area contributed by atoms with Crippen molar-refractivity contribution in [3.8, 4) is 22.4 Å². The number of thiophene rings is 1. The lowest BCUT2D eigenvalue weighted by molar-refractivity contribution is -0.142. The minimum absolute atomic E-state index is 0.340. The van der Waals surface area contributed by atoms with Crippen molar-refractivity contribution in [2.75, 3.05) is 31.1 Å². The van der Waals surface area contributed by atoms with E-state index in [1.54, 1.807) is 17.5 Å². The van der Waals surface area contributed by atoms with Crippen LogP contribution in [-0.2, 0) is 15.0 Å². The van der Waals surface area contributed by atoms with Gasteiger partial charge in [-0.15, -0.1) is 0 Å². The van der Waals surface area contributed by atoms with Crippen molar-refractivity contribution < 1.29 is 22.7 Å². The molecule has 0 spiro atoms. The summed E-state index contributed by atoms with van der Waals surface area (Å²) in [5.74, 6) is -1.38. The summed E-state index contributed by atoms with van der Waals surface area (Å²) in [5.41, 5.74) is 3.09. The van der Waals surface area contributed by atoms with Crippen LogP contribution in [0.4, 0.5) is 15.1 Å². The van der Waals surface area contributed by atoms with Gasteiger partial charge in [0.1, 0.15) is 5.82 Å². The molecule has 0 bridgehead atoms. The van der Waals surface area contributed by atoms with Crippen molar-refractivity contribution in [2.24, 2.45) is 11.8 Å². The summed E-state index contributed by atoms with van der Waals surface area (Å²) < 4.78 is 46.3. The van der Waals surface area contributed by atoms with Crippen LogP contribution in [0.3, 0.4) is 0 Å². The summed E-state index contributed by atoms with van der Waals surface area (Å²) >= 11 is 1.25. The van der Waals surface area contributed by atoms with Crippen molar-refractivity contribution in [3.05, 3.63) is 71.1 Å². The second-order valence-electron chi connectivity index (χ2n) is 10.5. The SMILES string of the molecule is [C-]#[N+]c1sccc1-c1c(-c2cccc(N3CC(C(=O)O)C3)c2)n(S(=O)(=O)N2CCC(C)CC2)c2ccc(F)cc12. The van der Waals surface area contributed by atoms with E-state index in [9.17, 15) is 22.7 Å². The molecular weight excluding hydrogens is 551 g/mol. The summed E-state index contributed by atoms with van der Waals surface area (Å²) in [5, 5.41) is 11.9. The second kappa shape index (κ2) is 10.0. The van der Waals surface area contributed by atoms with E-state index < -0.39 is 27.9 Å². The number of carbonyl (C=O) groups is 1. The maximum Gasteiger partial charge on any atom is 0.310 e. The topological polar surface area (TPSA) is 87.2 Å². The first kappa shape index (κ1) is 26.5. The van der Waals surface area contributed by atoms with Gasteiger partial charge in [0.15, 0.2) is 0 Å². The van der Waals surface area contributed by atoms with Gasteiger partial charge >= 0.3 is 16.2 Å². The number of halogens is 1. The highest BCUT2D eigenvalue weighted by atomic mass is 32.2. The van der Waals surface area contributed by atoms with Gasteiger partial charge in [0, 0.05) is 53.9 Å². The van der Waals surface area contributed by atoms with Crippen molar-refractivity contribution >= 4 is 49.1 Å². The molecule has 2 aliphatic heterocycles. The van der Waals surface area contributed by atoms with E-state index in [4.69, 9.17) is 6.57 Å². The molecule has 2 saturated heterocycles. The van der Waals surface area contributed by atoms with E-state index >= 15 is 0 Å². The van der Waals surface area contributed by atoms with E-state index in [1.165, 1.54) is 37.8 Å². The molecule has 0 aliphatic carbocycles. The van der Waals surface area contributed by atoms with Gasteiger partial charge in [0.05, 0.1) is 23.7 Å². The fourth-order valence-electron chi connectivity index (χ4n) is 5.61. The number of anilines is 1. The van der Waals surface area contributed by atoms with Gasteiger partial charge in [-0.2, -0.15) is 24.1 Å². The molecule has 2 aliphatic rings. The van der Waals surface area contributed by atoms with Crippen LogP contribution in [0.25, 0.3) is 38.1 Å². The minimum Gasteiger partial charge on any atom is -0.481 e. The Morgan fingerprint density at radius 3 is 2.58 bits per heavy atom. The quantitative estimate of drug-likeness (QED) is 0.281. The standard InChI is InChI=1S/C29H27FN4O4S2/c1-18-8-11-33(12-9-18)40(37,38)34-25-7-6-21(30)15-24(25)26(23-10-13-39-28(23)31-2)27(34)19-4-3-5-22(14-19)32-16-20(17-32)29(35)36/h3-7,10,13-15,18,20H,8-9,11-12,16-17H2,1H3,(H,35,36). The maximum atomic E-state index is 14.7. The van der Waals surface area contributed by atoms with Gasteiger partial charge in [-0.3, -0.25) is 4.79 Å². The van der Waals surface area contributed by atoms with Crippen LogP contribution in [0.2, 0.25) is 0 Å². The number of rotatable bonds is 6. The normalized spacial score (nSPS) is 17.2. The number of aliphatic carboxylic acids is 1. The number of carboxylic acid groups (broad SMARTS) is 1. The van der Waals surface area contributed by atoms with Gasteiger partial charge in [-0.05, 0) is 54.5 Å². The molecule has 206 valence electrons. The number of aromatic nitrogens is 1. The van der Waals surface area contributed by atoms with Crippen LogP contribution >= 0.6 is 11.3 Å². The van der Waals surface area contributed by atoms with Gasteiger partial charge in [0.25, 0.3) is 0 Å². The Balaban J connectivity index is 1.62. The molecule has 40 heavy (non-hydrogen) atoms. The highest BCUT2D eigenvalue weighted by Gasteiger charge is 2.36. The van der Waals surface area contributed by atoms with E-state index in [1.807, 2.05) is 23.1 Å². The lowest BCUT2D eigenvalue weighted by Gasteiger charge is -2.38.